The van der Waals surface area contributed by atoms with Crippen molar-refractivity contribution < 1.29 is 9.21 Å². The molecule has 1 saturated carbocycles. The number of carbonyl (C=O) groups is 1. The van der Waals surface area contributed by atoms with Crippen molar-refractivity contribution in [2.24, 2.45) is 0 Å². The van der Waals surface area contributed by atoms with Gasteiger partial charge in [0.15, 0.2) is 0 Å². The minimum absolute atomic E-state index is 0.0478. The number of H-pyrrole nitrogens is 1. The molecule has 1 aliphatic heterocycles. The minimum atomic E-state index is -0.0478. The van der Waals surface area contributed by atoms with E-state index in [1.54, 1.807) is 4.90 Å². The van der Waals surface area contributed by atoms with Crippen molar-refractivity contribution in [3.63, 3.8) is 0 Å². The third kappa shape index (κ3) is 3.53. The lowest BCUT2D eigenvalue weighted by Gasteiger charge is -2.24. The monoisotopic (exact) mass is 508 g/mol. The Bertz CT molecular complexity index is 1530. The van der Waals surface area contributed by atoms with Gasteiger partial charge in [-0.15, -0.1) is 10.2 Å². The summed E-state index contributed by atoms with van der Waals surface area (Å²) < 4.78 is 6.07. The smallest absolute Gasteiger partial charge is 0.249 e. The molecule has 1 amide bonds. The Kier molecular flexibility index (Phi) is 4.89. The number of aromatic amines is 1. The number of nitrogens with one attached hydrogen (secondary N) is 2. The predicted octanol–water partition coefficient (Wildman–Crippen LogP) is 3.32. The summed E-state index contributed by atoms with van der Waals surface area (Å²) in [6.07, 6.45) is 8.25. The molecule has 192 valence electrons. The molecule has 0 spiro atoms. The first-order chi connectivity index (χ1) is 18.7. The Balaban J connectivity index is 1.03. The average Bonchev–Trinajstić information content (AvgIpc) is 3.76. The van der Waals surface area contributed by atoms with E-state index < -0.39 is 0 Å². The van der Waals surface area contributed by atoms with Crippen LogP contribution in [0.25, 0.3) is 11.5 Å². The van der Waals surface area contributed by atoms with Gasteiger partial charge in [0.1, 0.15) is 17.9 Å². The fourth-order valence-corrected chi connectivity index (χ4v) is 7.03. The van der Waals surface area contributed by atoms with Crippen LogP contribution in [0.2, 0.25) is 0 Å². The molecule has 1 fully saturated rings. The SMILES string of the molecule is O=C(Cc1nnc(-c2cnc(NC3Cc4ccccc4C3)c3c2C2CCC3C2)o1)N1CCc2n[nH]nc2C1. The van der Waals surface area contributed by atoms with Crippen LogP contribution in [0.1, 0.15) is 70.6 Å². The average molecular weight is 509 g/mol. The van der Waals surface area contributed by atoms with Crippen LogP contribution in [-0.4, -0.2) is 54.0 Å². The topological polar surface area (TPSA) is 126 Å². The van der Waals surface area contributed by atoms with E-state index in [0.717, 1.165) is 42.0 Å². The summed E-state index contributed by atoms with van der Waals surface area (Å²) >= 11 is 0. The largest absolute Gasteiger partial charge is 0.420 e. The highest BCUT2D eigenvalue weighted by atomic mass is 16.4. The van der Waals surface area contributed by atoms with Gasteiger partial charge in [-0.2, -0.15) is 15.4 Å². The molecule has 10 nitrogen and oxygen atoms in total. The van der Waals surface area contributed by atoms with Crippen LogP contribution in [0.5, 0.6) is 0 Å². The number of rotatable bonds is 5. The summed E-state index contributed by atoms with van der Waals surface area (Å²) in [5.41, 5.74) is 8.18. The molecule has 38 heavy (non-hydrogen) atoms. The van der Waals surface area contributed by atoms with Gasteiger partial charge in [0, 0.05) is 30.8 Å². The number of anilines is 1. The quantitative estimate of drug-likeness (QED) is 0.421. The Hall–Kier alpha value is -4.08. The molecule has 2 bridgehead atoms. The maximum absolute atomic E-state index is 12.9. The zero-order valence-corrected chi connectivity index (χ0v) is 21.0. The summed E-state index contributed by atoms with van der Waals surface area (Å²) in [6.45, 7) is 1.06. The Morgan fingerprint density at radius 3 is 2.68 bits per heavy atom. The highest BCUT2D eigenvalue weighted by Crippen LogP contribution is 2.57. The number of amides is 1. The number of fused-ring (bicyclic) bond motifs is 7. The van der Waals surface area contributed by atoms with Gasteiger partial charge in [-0.3, -0.25) is 4.79 Å². The molecule has 10 heteroatoms. The first-order valence-corrected chi connectivity index (χ1v) is 13.5. The molecular weight excluding hydrogens is 480 g/mol. The Morgan fingerprint density at radius 1 is 1.05 bits per heavy atom. The Labute approximate surface area is 219 Å². The van der Waals surface area contributed by atoms with E-state index in [9.17, 15) is 4.79 Å². The van der Waals surface area contributed by atoms with E-state index in [0.29, 0.717) is 49.2 Å². The molecular formula is C28H28N8O2. The number of pyridine rings is 1. The standard InChI is InChI=1S/C28H28N8O2/c37-24(36-8-7-21-22(14-36)32-35-31-21)12-23-33-34-28(38-23)20-13-29-27(26-18-6-5-17(9-18)25(20)26)30-19-10-15-3-1-2-4-16(15)11-19/h1-4,13,17-19H,5-12,14H2,(H,29,30)(H,31,32,35). The van der Waals surface area contributed by atoms with Crippen LogP contribution < -0.4 is 5.32 Å². The molecule has 2 N–H and O–H groups in total. The lowest BCUT2D eigenvalue weighted by molar-refractivity contribution is -0.131. The lowest BCUT2D eigenvalue weighted by atomic mass is 9.89. The van der Waals surface area contributed by atoms with Gasteiger partial charge in [0.2, 0.25) is 17.7 Å². The molecule has 4 aliphatic rings. The number of benzene rings is 1. The van der Waals surface area contributed by atoms with Gasteiger partial charge in [0.05, 0.1) is 17.8 Å². The Morgan fingerprint density at radius 2 is 1.84 bits per heavy atom. The van der Waals surface area contributed by atoms with Gasteiger partial charge in [0.25, 0.3) is 0 Å². The van der Waals surface area contributed by atoms with Gasteiger partial charge >= 0.3 is 0 Å². The van der Waals surface area contributed by atoms with E-state index in [2.05, 4.69) is 55.2 Å². The van der Waals surface area contributed by atoms with Crippen LogP contribution >= 0.6 is 0 Å². The zero-order valence-electron chi connectivity index (χ0n) is 21.0. The molecule has 3 aliphatic carbocycles. The summed E-state index contributed by atoms with van der Waals surface area (Å²) in [7, 11) is 0. The minimum Gasteiger partial charge on any atom is -0.420 e. The zero-order chi connectivity index (χ0) is 25.2. The molecule has 4 heterocycles. The highest BCUT2D eigenvalue weighted by Gasteiger charge is 2.42. The molecule has 1 aromatic carbocycles. The van der Waals surface area contributed by atoms with Crippen LogP contribution in [0.4, 0.5) is 5.82 Å². The first kappa shape index (κ1) is 22.0. The van der Waals surface area contributed by atoms with Crippen LogP contribution in [0.3, 0.4) is 0 Å². The second-order valence-corrected chi connectivity index (χ2v) is 11.0. The molecule has 0 saturated heterocycles. The van der Waals surface area contributed by atoms with Crippen molar-refractivity contribution in [2.75, 3.05) is 11.9 Å². The van der Waals surface area contributed by atoms with Gasteiger partial charge in [-0.05, 0) is 60.6 Å². The van der Waals surface area contributed by atoms with Gasteiger partial charge in [-0.1, -0.05) is 24.3 Å². The second kappa shape index (κ2) is 8.47. The van der Waals surface area contributed by atoms with Crippen LogP contribution in [0.15, 0.2) is 34.9 Å². The second-order valence-electron chi connectivity index (χ2n) is 11.0. The third-order valence-electron chi connectivity index (χ3n) is 8.81. The van der Waals surface area contributed by atoms with Gasteiger partial charge in [-0.25, -0.2) is 4.98 Å². The maximum Gasteiger partial charge on any atom is 0.249 e. The van der Waals surface area contributed by atoms with E-state index in [1.807, 2.05) is 6.20 Å². The summed E-state index contributed by atoms with van der Waals surface area (Å²) in [6, 6.07) is 9.06. The predicted molar refractivity (Wildman–Crippen MR) is 137 cm³/mol. The third-order valence-corrected chi connectivity index (χ3v) is 8.81. The first-order valence-electron chi connectivity index (χ1n) is 13.5. The van der Waals surface area contributed by atoms with E-state index >= 15 is 0 Å². The molecule has 0 radical (unpaired) electrons. The maximum atomic E-state index is 12.9. The van der Waals surface area contributed by atoms with Crippen molar-refractivity contribution in [1.82, 2.24) is 35.5 Å². The normalized spacial score (nSPS) is 21.4. The fourth-order valence-electron chi connectivity index (χ4n) is 7.03. The number of hydrogen-bond acceptors (Lipinski definition) is 8. The number of hydrogen-bond donors (Lipinski definition) is 2. The van der Waals surface area contributed by atoms with E-state index in [4.69, 9.17) is 9.40 Å². The van der Waals surface area contributed by atoms with Crippen molar-refractivity contribution in [1.29, 1.82) is 0 Å². The molecule has 2 unspecified atom stereocenters. The van der Waals surface area contributed by atoms with E-state index in [-0.39, 0.29) is 12.3 Å². The molecule has 4 aromatic rings. The molecule has 2 atom stereocenters. The number of nitrogens with zero attached hydrogens (tertiary/aromatic N) is 6. The van der Waals surface area contributed by atoms with E-state index in [1.165, 1.54) is 35.1 Å². The highest BCUT2D eigenvalue weighted by molar-refractivity contribution is 5.78. The summed E-state index contributed by atoms with van der Waals surface area (Å²) in [5, 5.41) is 23.3. The van der Waals surface area contributed by atoms with Crippen molar-refractivity contribution in [3.8, 4) is 11.5 Å². The molecule has 8 rings (SSSR count). The number of carbonyl (C=O) groups excluding carboxylic acids is 1. The van der Waals surface area contributed by atoms with Crippen LogP contribution in [-0.2, 0) is 37.0 Å². The fraction of sp³-hybridized carbons (Fsp3) is 0.429. The van der Waals surface area contributed by atoms with Crippen molar-refractivity contribution in [3.05, 3.63) is 70.0 Å². The lowest BCUT2D eigenvalue weighted by Crippen LogP contribution is -2.37. The van der Waals surface area contributed by atoms with Crippen molar-refractivity contribution in [2.45, 2.75) is 69.4 Å². The van der Waals surface area contributed by atoms with Gasteiger partial charge < -0.3 is 14.6 Å². The summed E-state index contributed by atoms with van der Waals surface area (Å²) in [4.78, 5) is 19.6. The van der Waals surface area contributed by atoms with Crippen LogP contribution in [0, 0.1) is 0 Å². The molecule has 3 aromatic heterocycles. The number of aromatic nitrogens is 6. The summed E-state index contributed by atoms with van der Waals surface area (Å²) in [5.74, 6) is 2.78. The van der Waals surface area contributed by atoms with Crippen molar-refractivity contribution >= 4 is 11.7 Å².